The molecule has 14 heavy (non-hydrogen) atoms. The quantitative estimate of drug-likeness (QED) is 0.683. The number of pyridine rings is 1. The summed E-state index contributed by atoms with van der Waals surface area (Å²) >= 11 is 0. The SMILES string of the molecule is F[B-](F)(F)Cc1cccnc1C1CC1. The van der Waals surface area contributed by atoms with Crippen molar-refractivity contribution in [3.8, 4) is 0 Å². The first-order chi connectivity index (χ1) is 6.56. The third-order valence-corrected chi connectivity index (χ3v) is 2.34. The molecule has 1 nitrogen and oxygen atoms in total. The Bertz CT molecular complexity index is 333. The Hall–Kier alpha value is -0.995. The van der Waals surface area contributed by atoms with Crippen molar-refractivity contribution in [3.63, 3.8) is 0 Å². The fraction of sp³-hybridized carbons (Fsp3) is 0.444. The summed E-state index contributed by atoms with van der Waals surface area (Å²) in [6.07, 6.45) is 2.74. The summed E-state index contributed by atoms with van der Waals surface area (Å²) in [7, 11) is 0. The van der Waals surface area contributed by atoms with Gasteiger partial charge >= 0.3 is 6.98 Å². The second-order valence-corrected chi connectivity index (χ2v) is 3.74. The van der Waals surface area contributed by atoms with Crippen LogP contribution in [0.4, 0.5) is 12.9 Å². The summed E-state index contributed by atoms with van der Waals surface area (Å²) < 4.78 is 36.7. The van der Waals surface area contributed by atoms with Crippen LogP contribution in [-0.4, -0.2) is 12.0 Å². The van der Waals surface area contributed by atoms with Gasteiger partial charge in [-0.2, -0.15) is 0 Å². The van der Waals surface area contributed by atoms with Crippen molar-refractivity contribution in [2.75, 3.05) is 0 Å². The number of aromatic nitrogens is 1. The zero-order valence-corrected chi connectivity index (χ0v) is 7.59. The summed E-state index contributed by atoms with van der Waals surface area (Å²) in [5.74, 6) is 0.282. The number of halogens is 3. The molecule has 0 aromatic carbocycles. The Morgan fingerprint density at radius 3 is 2.64 bits per heavy atom. The van der Waals surface area contributed by atoms with Crippen molar-refractivity contribution >= 4 is 6.98 Å². The summed E-state index contributed by atoms with van der Waals surface area (Å²) in [5.41, 5.74) is 1.02. The zero-order chi connectivity index (χ0) is 10.2. The van der Waals surface area contributed by atoms with Crippen molar-refractivity contribution in [3.05, 3.63) is 29.6 Å². The van der Waals surface area contributed by atoms with Crippen molar-refractivity contribution in [2.45, 2.75) is 25.1 Å². The van der Waals surface area contributed by atoms with Crippen LogP contribution in [0.5, 0.6) is 0 Å². The number of hydrogen-bond acceptors (Lipinski definition) is 1. The predicted molar refractivity (Wildman–Crippen MR) is 49.0 cm³/mol. The van der Waals surface area contributed by atoms with Crippen molar-refractivity contribution in [2.24, 2.45) is 0 Å². The molecule has 1 heterocycles. The molecule has 1 aromatic rings. The first kappa shape index (κ1) is 9.56. The molecule has 0 amide bonds. The molecule has 5 heteroatoms. The van der Waals surface area contributed by atoms with Crippen LogP contribution in [-0.2, 0) is 6.32 Å². The van der Waals surface area contributed by atoms with E-state index in [1.807, 2.05) is 0 Å². The molecule has 0 unspecified atom stereocenters. The lowest BCUT2D eigenvalue weighted by molar-refractivity contribution is 0.468. The van der Waals surface area contributed by atoms with Gasteiger partial charge in [0.05, 0.1) is 0 Å². The maximum atomic E-state index is 12.2. The number of hydrogen-bond donors (Lipinski definition) is 0. The average molecular weight is 200 g/mol. The van der Waals surface area contributed by atoms with Gasteiger partial charge in [-0.1, -0.05) is 17.9 Å². The van der Waals surface area contributed by atoms with Crippen LogP contribution < -0.4 is 0 Å². The van der Waals surface area contributed by atoms with E-state index >= 15 is 0 Å². The molecular formula is C9H10BF3N-. The second-order valence-electron chi connectivity index (χ2n) is 3.74. The molecule has 0 bridgehead atoms. The molecule has 0 radical (unpaired) electrons. The Morgan fingerprint density at radius 2 is 2.07 bits per heavy atom. The number of nitrogens with zero attached hydrogens (tertiary/aromatic N) is 1. The summed E-state index contributed by atoms with van der Waals surface area (Å²) in [5, 5.41) is 0. The zero-order valence-electron chi connectivity index (χ0n) is 7.59. The normalized spacial score (nSPS) is 17.1. The summed E-state index contributed by atoms with van der Waals surface area (Å²) in [4.78, 5) is 4.03. The minimum atomic E-state index is -4.74. The van der Waals surface area contributed by atoms with E-state index in [0.717, 1.165) is 12.8 Å². The molecule has 0 spiro atoms. The average Bonchev–Trinajstić information content (AvgIpc) is 2.85. The van der Waals surface area contributed by atoms with Crippen LogP contribution in [0.1, 0.15) is 30.0 Å². The van der Waals surface area contributed by atoms with Crippen molar-refractivity contribution < 1.29 is 12.9 Å². The minimum Gasteiger partial charge on any atom is -0.449 e. The van der Waals surface area contributed by atoms with Gasteiger partial charge in [-0.3, -0.25) is 4.98 Å². The standard InChI is InChI=1S/C9H10BF3N/c11-10(12,13)6-8-2-1-5-14-9(8)7-3-4-7/h1-2,5,7H,3-4,6H2/q-1. The van der Waals surface area contributed by atoms with E-state index < -0.39 is 13.3 Å². The van der Waals surface area contributed by atoms with Crippen molar-refractivity contribution in [1.82, 2.24) is 4.98 Å². The van der Waals surface area contributed by atoms with E-state index in [1.54, 1.807) is 12.3 Å². The van der Waals surface area contributed by atoms with E-state index in [-0.39, 0.29) is 5.92 Å². The molecule has 0 saturated heterocycles. The first-order valence-electron chi connectivity index (χ1n) is 4.71. The Kier molecular flexibility index (Phi) is 2.25. The van der Waals surface area contributed by atoms with E-state index in [0.29, 0.717) is 11.3 Å². The fourth-order valence-electron chi connectivity index (χ4n) is 1.60. The van der Waals surface area contributed by atoms with E-state index in [1.165, 1.54) is 6.07 Å². The van der Waals surface area contributed by atoms with Gasteiger partial charge in [-0.15, -0.1) is 0 Å². The predicted octanol–water partition coefficient (Wildman–Crippen LogP) is 2.89. The molecule has 1 aliphatic rings. The molecule has 0 N–H and O–H groups in total. The van der Waals surface area contributed by atoms with Crippen LogP contribution in [0.2, 0.25) is 0 Å². The third kappa shape index (κ3) is 2.27. The molecule has 1 saturated carbocycles. The lowest BCUT2D eigenvalue weighted by Crippen LogP contribution is -2.20. The van der Waals surface area contributed by atoms with Crippen LogP contribution in [0, 0.1) is 0 Å². The van der Waals surface area contributed by atoms with Gasteiger partial charge in [0.1, 0.15) is 0 Å². The first-order valence-corrected chi connectivity index (χ1v) is 4.71. The van der Waals surface area contributed by atoms with Gasteiger partial charge in [-0.25, -0.2) is 0 Å². The molecule has 1 fully saturated rings. The van der Waals surface area contributed by atoms with Gasteiger partial charge in [0.2, 0.25) is 0 Å². The highest BCUT2D eigenvalue weighted by atomic mass is 19.4. The lowest BCUT2D eigenvalue weighted by Gasteiger charge is -2.15. The van der Waals surface area contributed by atoms with Gasteiger partial charge in [0.15, 0.2) is 0 Å². The van der Waals surface area contributed by atoms with Crippen LogP contribution in [0.3, 0.4) is 0 Å². The molecular weight excluding hydrogens is 190 g/mol. The molecule has 76 valence electrons. The van der Waals surface area contributed by atoms with Gasteiger partial charge in [0, 0.05) is 17.8 Å². The Balaban J connectivity index is 2.23. The minimum absolute atomic E-state index is 0.282. The molecule has 2 rings (SSSR count). The lowest BCUT2D eigenvalue weighted by atomic mass is 9.81. The molecule has 1 aromatic heterocycles. The number of rotatable bonds is 3. The van der Waals surface area contributed by atoms with Crippen LogP contribution in [0.25, 0.3) is 0 Å². The maximum absolute atomic E-state index is 12.2. The van der Waals surface area contributed by atoms with E-state index in [4.69, 9.17) is 0 Å². The smallest absolute Gasteiger partial charge is 0.449 e. The van der Waals surface area contributed by atoms with Crippen LogP contribution in [0.15, 0.2) is 18.3 Å². The Labute approximate surface area is 80.4 Å². The topological polar surface area (TPSA) is 12.9 Å². The van der Waals surface area contributed by atoms with E-state index in [2.05, 4.69) is 4.98 Å². The van der Waals surface area contributed by atoms with Gasteiger partial charge < -0.3 is 12.9 Å². The third-order valence-electron chi connectivity index (χ3n) is 2.34. The largest absolute Gasteiger partial charge is 0.482 e. The van der Waals surface area contributed by atoms with Crippen LogP contribution >= 0.6 is 0 Å². The van der Waals surface area contributed by atoms with E-state index in [9.17, 15) is 12.9 Å². The molecule has 0 aliphatic heterocycles. The van der Waals surface area contributed by atoms with Gasteiger partial charge in [-0.05, 0) is 18.9 Å². The van der Waals surface area contributed by atoms with Gasteiger partial charge in [0.25, 0.3) is 0 Å². The highest BCUT2D eigenvalue weighted by Crippen LogP contribution is 2.41. The summed E-state index contributed by atoms with van der Waals surface area (Å²) in [6, 6.07) is 3.11. The maximum Gasteiger partial charge on any atom is 0.482 e. The highest BCUT2D eigenvalue weighted by molar-refractivity contribution is 6.57. The monoisotopic (exact) mass is 200 g/mol. The Morgan fingerprint density at radius 1 is 1.36 bits per heavy atom. The fourth-order valence-corrected chi connectivity index (χ4v) is 1.60. The molecule has 1 aliphatic carbocycles. The van der Waals surface area contributed by atoms with Crippen molar-refractivity contribution in [1.29, 1.82) is 0 Å². The summed E-state index contributed by atoms with van der Waals surface area (Å²) in [6.45, 7) is -4.74. The molecule has 0 atom stereocenters. The highest BCUT2D eigenvalue weighted by Gasteiger charge is 2.30. The second kappa shape index (κ2) is 3.30.